The molecule has 11 heteroatoms. The lowest BCUT2D eigenvalue weighted by atomic mass is 10.0. The SMILES string of the molecule is O=C(CCc1cccnc1)Nc1cccc(-c2csc(SCC(=O)NC3CCN(Cc4ccc(Cl)c(Cl)c4)CC3)n2)c1. The third kappa shape index (κ3) is 9.02. The van der Waals surface area contributed by atoms with Crippen molar-refractivity contribution >= 4 is 63.8 Å². The Morgan fingerprint density at radius 3 is 2.64 bits per heavy atom. The van der Waals surface area contributed by atoms with E-state index in [0.717, 1.165) is 64.9 Å². The van der Waals surface area contributed by atoms with Crippen LogP contribution in [0.1, 0.15) is 30.4 Å². The zero-order chi connectivity index (χ0) is 29.3. The number of amides is 2. The Bertz CT molecular complexity index is 1510. The number of nitrogens with one attached hydrogen (secondary N) is 2. The molecule has 0 saturated carbocycles. The molecule has 2 N–H and O–H groups in total. The number of thiazole rings is 1. The lowest BCUT2D eigenvalue weighted by Gasteiger charge is -2.32. The van der Waals surface area contributed by atoms with Gasteiger partial charge in [-0.05, 0) is 60.7 Å². The molecular weight excluding hydrogens is 609 g/mol. The van der Waals surface area contributed by atoms with Crippen LogP contribution in [0.25, 0.3) is 11.3 Å². The molecule has 0 bridgehead atoms. The number of rotatable bonds is 11. The van der Waals surface area contributed by atoms with E-state index < -0.39 is 0 Å². The molecule has 1 saturated heterocycles. The van der Waals surface area contributed by atoms with Gasteiger partial charge in [0.25, 0.3) is 0 Å². The van der Waals surface area contributed by atoms with Crippen LogP contribution in [0.5, 0.6) is 0 Å². The van der Waals surface area contributed by atoms with Gasteiger partial charge in [0, 0.05) is 61.1 Å². The number of aryl methyl sites for hydroxylation is 1. The van der Waals surface area contributed by atoms with Gasteiger partial charge in [-0.15, -0.1) is 11.3 Å². The number of benzene rings is 2. The van der Waals surface area contributed by atoms with Gasteiger partial charge >= 0.3 is 0 Å². The maximum atomic E-state index is 12.7. The highest BCUT2D eigenvalue weighted by atomic mass is 35.5. The Balaban J connectivity index is 1.04. The quantitative estimate of drug-likeness (QED) is 0.173. The van der Waals surface area contributed by atoms with E-state index in [-0.39, 0.29) is 17.9 Å². The second-order valence-corrected chi connectivity index (χ2v) is 13.0. The highest BCUT2D eigenvalue weighted by molar-refractivity contribution is 8.01. The van der Waals surface area contributed by atoms with Crippen LogP contribution in [0.4, 0.5) is 5.69 Å². The number of nitrogens with zero attached hydrogens (tertiary/aromatic N) is 3. The summed E-state index contributed by atoms with van der Waals surface area (Å²) in [5.41, 5.74) is 4.64. The van der Waals surface area contributed by atoms with Gasteiger partial charge in [0.15, 0.2) is 4.34 Å². The third-order valence-electron chi connectivity index (χ3n) is 6.96. The summed E-state index contributed by atoms with van der Waals surface area (Å²) in [6.07, 6.45) is 6.34. The predicted molar refractivity (Wildman–Crippen MR) is 172 cm³/mol. The minimum Gasteiger partial charge on any atom is -0.353 e. The predicted octanol–water partition coefficient (Wildman–Crippen LogP) is 6.96. The highest BCUT2D eigenvalue weighted by Crippen LogP contribution is 2.30. The minimum absolute atomic E-state index is 0.0238. The Morgan fingerprint density at radius 1 is 1.00 bits per heavy atom. The Labute approximate surface area is 264 Å². The van der Waals surface area contributed by atoms with Crippen LogP contribution in [-0.2, 0) is 22.6 Å². The van der Waals surface area contributed by atoms with Crippen molar-refractivity contribution in [2.45, 2.75) is 42.6 Å². The number of hydrogen-bond acceptors (Lipinski definition) is 7. The first-order chi connectivity index (χ1) is 20.4. The summed E-state index contributed by atoms with van der Waals surface area (Å²) < 4.78 is 0.836. The summed E-state index contributed by atoms with van der Waals surface area (Å²) in [5, 5.41) is 9.28. The van der Waals surface area contributed by atoms with E-state index >= 15 is 0 Å². The number of anilines is 1. The van der Waals surface area contributed by atoms with Crippen LogP contribution in [-0.4, -0.2) is 51.6 Å². The third-order valence-corrected chi connectivity index (χ3v) is 9.72. The molecule has 2 amide bonds. The van der Waals surface area contributed by atoms with Crippen molar-refractivity contribution in [2.75, 3.05) is 24.2 Å². The molecule has 0 atom stereocenters. The molecule has 218 valence electrons. The van der Waals surface area contributed by atoms with Crippen LogP contribution < -0.4 is 10.6 Å². The second-order valence-electron chi connectivity index (χ2n) is 10.1. The number of aromatic nitrogens is 2. The van der Waals surface area contributed by atoms with Crippen molar-refractivity contribution in [1.29, 1.82) is 0 Å². The molecule has 1 fully saturated rings. The first-order valence-corrected chi connectivity index (χ1v) is 16.4. The summed E-state index contributed by atoms with van der Waals surface area (Å²) >= 11 is 15.1. The van der Waals surface area contributed by atoms with E-state index in [2.05, 4.69) is 20.5 Å². The van der Waals surface area contributed by atoms with Gasteiger partial charge in [-0.1, -0.05) is 59.2 Å². The molecule has 0 spiro atoms. The van der Waals surface area contributed by atoms with Crippen LogP contribution in [0.3, 0.4) is 0 Å². The molecule has 2 aromatic heterocycles. The zero-order valence-electron chi connectivity index (χ0n) is 22.9. The lowest BCUT2D eigenvalue weighted by Crippen LogP contribution is -2.44. The first kappa shape index (κ1) is 30.5. The van der Waals surface area contributed by atoms with Crippen LogP contribution in [0, 0.1) is 0 Å². The van der Waals surface area contributed by atoms with E-state index in [1.54, 1.807) is 12.4 Å². The Morgan fingerprint density at radius 2 is 1.86 bits per heavy atom. The molecule has 4 aromatic rings. The molecule has 2 aromatic carbocycles. The number of likely N-dealkylation sites (tertiary alicyclic amines) is 1. The fourth-order valence-electron chi connectivity index (χ4n) is 4.77. The number of carbonyl (C=O) groups excluding carboxylic acids is 2. The van der Waals surface area contributed by atoms with Crippen LogP contribution in [0.2, 0.25) is 10.0 Å². The maximum Gasteiger partial charge on any atom is 0.230 e. The van der Waals surface area contributed by atoms with E-state index in [1.165, 1.54) is 23.1 Å². The van der Waals surface area contributed by atoms with Crippen LogP contribution >= 0.6 is 46.3 Å². The van der Waals surface area contributed by atoms with Gasteiger partial charge in [-0.2, -0.15) is 0 Å². The summed E-state index contributed by atoms with van der Waals surface area (Å²) in [5.74, 6) is 0.299. The van der Waals surface area contributed by atoms with Gasteiger partial charge in [-0.25, -0.2) is 4.98 Å². The zero-order valence-corrected chi connectivity index (χ0v) is 26.0. The summed E-state index contributed by atoms with van der Waals surface area (Å²) in [6, 6.07) is 17.4. The van der Waals surface area contributed by atoms with Gasteiger partial charge < -0.3 is 10.6 Å². The highest BCUT2D eigenvalue weighted by Gasteiger charge is 2.21. The Hall–Kier alpha value is -2.95. The smallest absolute Gasteiger partial charge is 0.230 e. The summed E-state index contributed by atoms with van der Waals surface area (Å²) in [4.78, 5) is 36.3. The molecule has 1 aliphatic rings. The summed E-state index contributed by atoms with van der Waals surface area (Å²) in [6.45, 7) is 2.65. The molecule has 3 heterocycles. The standard InChI is InChI=1S/C31H31Cl2N5O2S2/c32-26-8-6-22(15-27(26)33)18-38-13-10-24(11-14-38)35-30(40)20-42-31-37-28(19-41-31)23-4-1-5-25(16-23)36-29(39)9-7-21-3-2-12-34-17-21/h1-6,8,12,15-17,19,24H,7,9-11,13-14,18,20H2,(H,35,40)(H,36,39). The number of pyridine rings is 1. The second kappa shape index (κ2) is 15.0. The molecular formula is C31H31Cl2N5O2S2. The van der Waals surface area contributed by atoms with Crippen molar-refractivity contribution in [1.82, 2.24) is 20.2 Å². The monoisotopic (exact) mass is 639 g/mol. The molecule has 0 radical (unpaired) electrons. The van der Waals surface area contributed by atoms with Crippen molar-refractivity contribution in [2.24, 2.45) is 0 Å². The number of piperidine rings is 1. The van der Waals surface area contributed by atoms with Crippen molar-refractivity contribution in [3.05, 3.63) is 93.5 Å². The van der Waals surface area contributed by atoms with Crippen molar-refractivity contribution in [3.8, 4) is 11.3 Å². The Kier molecular flexibility index (Phi) is 10.9. The number of carbonyl (C=O) groups is 2. The van der Waals surface area contributed by atoms with Gasteiger partial charge in [0.1, 0.15) is 0 Å². The molecule has 7 nitrogen and oxygen atoms in total. The number of hydrogen-bond donors (Lipinski definition) is 2. The van der Waals surface area contributed by atoms with E-state index in [0.29, 0.717) is 28.6 Å². The fraction of sp³-hybridized carbons (Fsp3) is 0.290. The number of halogens is 2. The lowest BCUT2D eigenvalue weighted by molar-refractivity contribution is -0.119. The molecule has 0 unspecified atom stereocenters. The normalized spacial score (nSPS) is 14.0. The molecule has 42 heavy (non-hydrogen) atoms. The van der Waals surface area contributed by atoms with E-state index in [4.69, 9.17) is 28.2 Å². The van der Waals surface area contributed by atoms with Gasteiger partial charge in [0.2, 0.25) is 11.8 Å². The average Bonchev–Trinajstić information content (AvgIpc) is 3.48. The van der Waals surface area contributed by atoms with E-state index in [9.17, 15) is 9.59 Å². The van der Waals surface area contributed by atoms with Crippen molar-refractivity contribution < 1.29 is 9.59 Å². The minimum atomic E-state index is -0.0475. The largest absolute Gasteiger partial charge is 0.353 e. The topological polar surface area (TPSA) is 87.2 Å². The molecule has 5 rings (SSSR count). The molecule has 1 aliphatic heterocycles. The van der Waals surface area contributed by atoms with Gasteiger partial charge in [0.05, 0.1) is 21.5 Å². The first-order valence-electron chi connectivity index (χ1n) is 13.7. The maximum absolute atomic E-state index is 12.7. The number of thioether (sulfide) groups is 1. The van der Waals surface area contributed by atoms with E-state index in [1.807, 2.05) is 60.0 Å². The summed E-state index contributed by atoms with van der Waals surface area (Å²) in [7, 11) is 0. The fourth-order valence-corrected chi connectivity index (χ4v) is 6.74. The van der Waals surface area contributed by atoms with Crippen molar-refractivity contribution in [3.63, 3.8) is 0 Å². The van der Waals surface area contributed by atoms with Gasteiger partial charge in [-0.3, -0.25) is 19.5 Å². The van der Waals surface area contributed by atoms with Crippen LogP contribution in [0.15, 0.2) is 76.7 Å². The molecule has 0 aliphatic carbocycles. The average molecular weight is 641 g/mol.